The summed E-state index contributed by atoms with van der Waals surface area (Å²) in [5.41, 5.74) is 2.92. The number of hydrogen-bond donors (Lipinski definition) is 0. The van der Waals surface area contributed by atoms with Crippen molar-refractivity contribution in [1.29, 1.82) is 0 Å². The number of ether oxygens (including phenoxy) is 2. The first-order chi connectivity index (χ1) is 15.5. The van der Waals surface area contributed by atoms with Crippen LogP contribution < -0.4 is 9.47 Å². The number of carbonyl (C=O) groups excluding carboxylic acids is 2. The second-order valence-electron chi connectivity index (χ2n) is 7.58. The maximum absolute atomic E-state index is 13.0. The van der Waals surface area contributed by atoms with E-state index in [1.165, 1.54) is 4.90 Å². The van der Waals surface area contributed by atoms with Crippen molar-refractivity contribution >= 4 is 39.8 Å². The second kappa shape index (κ2) is 9.49. The van der Waals surface area contributed by atoms with E-state index in [1.54, 1.807) is 6.08 Å². The summed E-state index contributed by atoms with van der Waals surface area (Å²) in [6.07, 6.45) is 1.77. The molecule has 4 rings (SSSR count). The predicted molar refractivity (Wildman–Crippen MR) is 129 cm³/mol. The first-order valence-electron chi connectivity index (χ1n) is 10.6. The van der Waals surface area contributed by atoms with E-state index in [-0.39, 0.29) is 24.3 Å². The van der Waals surface area contributed by atoms with Crippen LogP contribution in [0, 0.1) is 13.8 Å². The van der Waals surface area contributed by atoms with Crippen molar-refractivity contribution in [1.82, 2.24) is 4.90 Å². The van der Waals surface area contributed by atoms with Gasteiger partial charge in [-0.05, 0) is 72.6 Å². The molecule has 0 aliphatic carbocycles. The Kier molecular flexibility index (Phi) is 6.51. The van der Waals surface area contributed by atoms with Gasteiger partial charge in [0.1, 0.15) is 18.1 Å². The molecule has 1 aliphatic rings. The van der Waals surface area contributed by atoms with Crippen LogP contribution in [0.25, 0.3) is 16.8 Å². The number of thioether (sulfide) groups is 1. The molecule has 0 aromatic heterocycles. The van der Waals surface area contributed by atoms with Gasteiger partial charge in [-0.15, -0.1) is 0 Å². The van der Waals surface area contributed by atoms with Crippen molar-refractivity contribution in [2.24, 2.45) is 0 Å². The Balaban J connectivity index is 1.55. The van der Waals surface area contributed by atoms with Gasteiger partial charge in [0.15, 0.2) is 0 Å². The Hall–Kier alpha value is -3.25. The molecular formula is C26H25NO4S. The molecule has 1 heterocycles. The third-order valence-electron chi connectivity index (χ3n) is 5.30. The number of imide groups is 1. The van der Waals surface area contributed by atoms with Gasteiger partial charge >= 0.3 is 0 Å². The highest BCUT2D eigenvalue weighted by molar-refractivity contribution is 8.18. The number of hydrogen-bond acceptors (Lipinski definition) is 5. The highest BCUT2D eigenvalue weighted by Gasteiger charge is 2.35. The molecule has 1 fully saturated rings. The molecule has 0 unspecified atom stereocenters. The van der Waals surface area contributed by atoms with Crippen LogP contribution in [0.3, 0.4) is 0 Å². The fraction of sp³-hybridized carbons (Fsp3) is 0.231. The summed E-state index contributed by atoms with van der Waals surface area (Å²) in [4.78, 5) is 27.2. The Bertz CT molecular complexity index is 1220. The number of nitrogens with zero attached hydrogens (tertiary/aromatic N) is 1. The summed E-state index contributed by atoms with van der Waals surface area (Å²) in [5, 5.41) is 1.73. The van der Waals surface area contributed by atoms with E-state index in [4.69, 9.17) is 9.47 Å². The van der Waals surface area contributed by atoms with E-state index < -0.39 is 0 Å². The molecule has 6 heteroatoms. The highest BCUT2D eigenvalue weighted by atomic mass is 32.2. The van der Waals surface area contributed by atoms with Crippen LogP contribution in [0.1, 0.15) is 23.6 Å². The minimum Gasteiger partial charge on any atom is -0.493 e. The zero-order valence-electron chi connectivity index (χ0n) is 18.4. The lowest BCUT2D eigenvalue weighted by Crippen LogP contribution is -2.32. The van der Waals surface area contributed by atoms with E-state index in [9.17, 15) is 9.59 Å². The van der Waals surface area contributed by atoms with Gasteiger partial charge in [-0.1, -0.05) is 42.5 Å². The molecule has 3 aromatic carbocycles. The number of benzene rings is 3. The maximum atomic E-state index is 13.0. The van der Waals surface area contributed by atoms with Gasteiger partial charge in [-0.3, -0.25) is 14.5 Å². The number of carbonyl (C=O) groups is 2. The van der Waals surface area contributed by atoms with Gasteiger partial charge in [0.25, 0.3) is 11.1 Å². The van der Waals surface area contributed by atoms with Crippen LogP contribution in [0.2, 0.25) is 0 Å². The molecule has 2 amide bonds. The average Bonchev–Trinajstić information content (AvgIpc) is 3.05. The SMILES string of the molecule is CCOc1ccc2ccccc2c1/C=C1\SC(=O)N(CCOc2cc(C)ccc2C)C1=O. The van der Waals surface area contributed by atoms with Crippen LogP contribution in [-0.4, -0.2) is 35.8 Å². The van der Waals surface area contributed by atoms with Gasteiger partial charge in [0, 0.05) is 5.56 Å². The summed E-state index contributed by atoms with van der Waals surface area (Å²) < 4.78 is 11.6. The van der Waals surface area contributed by atoms with Crippen molar-refractivity contribution in [2.45, 2.75) is 20.8 Å². The van der Waals surface area contributed by atoms with Gasteiger partial charge in [-0.25, -0.2) is 0 Å². The Morgan fingerprint density at radius 3 is 2.59 bits per heavy atom. The zero-order chi connectivity index (χ0) is 22.7. The van der Waals surface area contributed by atoms with Crippen LogP contribution in [0.5, 0.6) is 11.5 Å². The van der Waals surface area contributed by atoms with Crippen molar-refractivity contribution < 1.29 is 19.1 Å². The topological polar surface area (TPSA) is 55.8 Å². The van der Waals surface area contributed by atoms with E-state index in [1.807, 2.05) is 75.4 Å². The second-order valence-corrected chi connectivity index (χ2v) is 8.58. The number of amides is 2. The maximum Gasteiger partial charge on any atom is 0.293 e. The average molecular weight is 448 g/mol. The van der Waals surface area contributed by atoms with Crippen molar-refractivity contribution in [3.63, 3.8) is 0 Å². The summed E-state index contributed by atoms with van der Waals surface area (Å²) in [7, 11) is 0. The molecule has 3 aromatic rings. The van der Waals surface area contributed by atoms with Gasteiger partial charge in [0.2, 0.25) is 0 Å². The first kappa shape index (κ1) is 22.0. The summed E-state index contributed by atoms with van der Waals surface area (Å²) in [6, 6.07) is 17.8. The van der Waals surface area contributed by atoms with Gasteiger partial charge < -0.3 is 9.47 Å². The molecule has 0 atom stereocenters. The molecule has 1 saturated heterocycles. The van der Waals surface area contributed by atoms with Crippen molar-refractivity contribution in [3.05, 3.63) is 76.2 Å². The molecule has 0 bridgehead atoms. The van der Waals surface area contributed by atoms with Crippen LogP contribution in [0.15, 0.2) is 59.5 Å². The Labute approximate surface area is 192 Å². The number of fused-ring (bicyclic) bond motifs is 1. The quantitative estimate of drug-likeness (QED) is 0.418. The largest absolute Gasteiger partial charge is 0.493 e. The first-order valence-corrected chi connectivity index (χ1v) is 11.4. The van der Waals surface area contributed by atoms with E-state index >= 15 is 0 Å². The Morgan fingerprint density at radius 1 is 0.969 bits per heavy atom. The normalized spacial score (nSPS) is 15.1. The fourth-order valence-electron chi connectivity index (χ4n) is 3.64. The fourth-order valence-corrected chi connectivity index (χ4v) is 4.49. The molecule has 32 heavy (non-hydrogen) atoms. The van der Waals surface area contributed by atoms with Gasteiger partial charge in [0.05, 0.1) is 18.1 Å². The third-order valence-corrected chi connectivity index (χ3v) is 6.20. The van der Waals surface area contributed by atoms with Crippen LogP contribution in [0.4, 0.5) is 4.79 Å². The predicted octanol–water partition coefficient (Wildman–Crippen LogP) is 5.97. The summed E-state index contributed by atoms with van der Waals surface area (Å²) in [6.45, 7) is 6.84. The highest BCUT2D eigenvalue weighted by Crippen LogP contribution is 2.36. The van der Waals surface area contributed by atoms with Crippen LogP contribution >= 0.6 is 11.8 Å². The lowest BCUT2D eigenvalue weighted by atomic mass is 10.0. The molecule has 5 nitrogen and oxygen atoms in total. The summed E-state index contributed by atoms with van der Waals surface area (Å²) in [5.74, 6) is 1.15. The molecular weight excluding hydrogens is 422 g/mol. The third kappa shape index (κ3) is 4.50. The minimum atomic E-state index is -0.306. The lowest BCUT2D eigenvalue weighted by Gasteiger charge is -2.15. The number of aryl methyl sites for hydroxylation is 2. The molecule has 164 valence electrons. The molecule has 0 N–H and O–H groups in total. The summed E-state index contributed by atoms with van der Waals surface area (Å²) >= 11 is 0.951. The standard InChI is InChI=1S/C26H25NO4S/c1-4-30-22-12-11-19-7-5-6-8-20(19)21(22)16-24-25(28)27(26(29)32-24)13-14-31-23-15-17(2)9-10-18(23)3/h5-12,15-16H,4,13-14H2,1-3H3/b24-16-. The monoisotopic (exact) mass is 447 g/mol. The molecule has 0 saturated carbocycles. The Morgan fingerprint density at radius 2 is 1.78 bits per heavy atom. The smallest absolute Gasteiger partial charge is 0.293 e. The van der Waals surface area contributed by atoms with Gasteiger partial charge in [-0.2, -0.15) is 0 Å². The molecule has 0 radical (unpaired) electrons. The number of rotatable bonds is 7. The van der Waals surface area contributed by atoms with Crippen molar-refractivity contribution in [2.75, 3.05) is 19.8 Å². The van der Waals surface area contributed by atoms with E-state index in [2.05, 4.69) is 0 Å². The zero-order valence-corrected chi connectivity index (χ0v) is 19.2. The molecule has 0 spiro atoms. The van der Waals surface area contributed by atoms with Crippen LogP contribution in [-0.2, 0) is 4.79 Å². The minimum absolute atomic E-state index is 0.198. The van der Waals surface area contributed by atoms with Crippen molar-refractivity contribution in [3.8, 4) is 11.5 Å². The van der Waals surface area contributed by atoms with E-state index in [0.29, 0.717) is 17.3 Å². The lowest BCUT2D eigenvalue weighted by molar-refractivity contribution is -0.123. The van der Waals surface area contributed by atoms with E-state index in [0.717, 1.165) is 45.0 Å². The molecule has 1 aliphatic heterocycles.